The Morgan fingerprint density at radius 3 is 1.21 bits per heavy atom. The molecule has 0 aliphatic heterocycles. The SMILES string of the molecule is Cc1ccc2cc(C(=O)[O-])ccc2c1.Cc1ccc2cc(C(=O)[O-])ccc2c1.[Zn+2]. The number of aryl methyl sites for hydroxylation is 2. The van der Waals surface area contributed by atoms with E-state index in [1.165, 1.54) is 11.1 Å². The third-order valence-electron chi connectivity index (χ3n) is 4.46. The molecule has 0 heterocycles. The molecular weight excluding hydrogens is 418 g/mol. The summed E-state index contributed by atoms with van der Waals surface area (Å²) in [6.45, 7) is 4.01. The van der Waals surface area contributed by atoms with E-state index >= 15 is 0 Å². The first-order chi connectivity index (χ1) is 13.3. The van der Waals surface area contributed by atoms with Crippen molar-refractivity contribution < 1.29 is 39.3 Å². The van der Waals surface area contributed by atoms with Crippen LogP contribution in [0.15, 0.2) is 72.8 Å². The van der Waals surface area contributed by atoms with Crippen molar-refractivity contribution in [2.45, 2.75) is 13.8 Å². The maximum Gasteiger partial charge on any atom is 2.00 e. The number of hydrogen-bond acceptors (Lipinski definition) is 4. The average Bonchev–Trinajstić information content (AvgIpc) is 2.67. The first-order valence-corrected chi connectivity index (χ1v) is 8.77. The van der Waals surface area contributed by atoms with Crippen LogP contribution in [-0.2, 0) is 19.5 Å². The molecule has 5 heteroatoms. The second-order valence-electron chi connectivity index (χ2n) is 6.71. The summed E-state index contributed by atoms with van der Waals surface area (Å²) in [6.07, 6.45) is 0. The maximum absolute atomic E-state index is 10.6. The van der Waals surface area contributed by atoms with Crippen LogP contribution in [0.1, 0.15) is 31.8 Å². The van der Waals surface area contributed by atoms with Crippen LogP contribution in [0, 0.1) is 13.8 Å². The zero-order valence-electron chi connectivity index (χ0n) is 16.3. The van der Waals surface area contributed by atoms with E-state index in [2.05, 4.69) is 0 Å². The van der Waals surface area contributed by atoms with Gasteiger partial charge in [-0.3, -0.25) is 0 Å². The Morgan fingerprint density at radius 2 is 0.862 bits per heavy atom. The van der Waals surface area contributed by atoms with Gasteiger partial charge in [0.05, 0.1) is 11.9 Å². The summed E-state index contributed by atoms with van der Waals surface area (Å²) in [4.78, 5) is 21.2. The molecule has 0 N–H and O–H groups in total. The number of rotatable bonds is 2. The minimum absolute atomic E-state index is 0. The summed E-state index contributed by atoms with van der Waals surface area (Å²) in [7, 11) is 0. The van der Waals surface area contributed by atoms with Gasteiger partial charge in [-0.2, -0.15) is 0 Å². The van der Waals surface area contributed by atoms with Gasteiger partial charge in [0.2, 0.25) is 0 Å². The molecule has 0 aromatic heterocycles. The molecule has 0 bridgehead atoms. The first-order valence-electron chi connectivity index (χ1n) is 8.77. The molecule has 0 saturated carbocycles. The molecule has 0 unspecified atom stereocenters. The summed E-state index contributed by atoms with van der Waals surface area (Å²) in [6, 6.07) is 21.8. The van der Waals surface area contributed by atoms with Gasteiger partial charge < -0.3 is 19.8 Å². The fraction of sp³-hybridized carbons (Fsp3) is 0.0833. The molecule has 0 aliphatic rings. The smallest absolute Gasteiger partial charge is 0.545 e. The summed E-state index contributed by atoms with van der Waals surface area (Å²) < 4.78 is 0. The number of fused-ring (bicyclic) bond motifs is 2. The number of carboxylic acid groups (broad SMARTS) is 2. The third kappa shape index (κ3) is 5.49. The number of carbonyl (C=O) groups excluding carboxylic acids is 2. The Balaban J connectivity index is 0.000000200. The number of aromatic carboxylic acids is 2. The molecule has 0 fully saturated rings. The van der Waals surface area contributed by atoms with E-state index in [1.54, 1.807) is 36.4 Å². The fourth-order valence-corrected chi connectivity index (χ4v) is 2.98. The van der Waals surface area contributed by atoms with E-state index in [1.807, 2.05) is 50.2 Å². The average molecular weight is 436 g/mol. The van der Waals surface area contributed by atoms with Crippen LogP contribution in [0.2, 0.25) is 0 Å². The van der Waals surface area contributed by atoms with Gasteiger partial charge in [-0.15, -0.1) is 0 Å². The van der Waals surface area contributed by atoms with E-state index in [9.17, 15) is 19.8 Å². The molecule has 29 heavy (non-hydrogen) atoms. The van der Waals surface area contributed by atoms with Gasteiger partial charge in [-0.25, -0.2) is 0 Å². The Morgan fingerprint density at radius 1 is 0.552 bits per heavy atom. The van der Waals surface area contributed by atoms with Crippen LogP contribution in [0.4, 0.5) is 0 Å². The standard InChI is InChI=1S/2C12H10O2.Zn/c2*1-8-2-3-10-7-11(12(13)14)5-4-9(10)6-8;/h2*2-7H,1H3,(H,13,14);/q;;+2/p-2. The molecule has 4 aromatic rings. The van der Waals surface area contributed by atoms with Crippen molar-refractivity contribution >= 4 is 33.5 Å². The number of carbonyl (C=O) groups is 2. The molecule has 0 spiro atoms. The molecule has 0 amide bonds. The van der Waals surface area contributed by atoms with Crippen molar-refractivity contribution in [3.8, 4) is 0 Å². The summed E-state index contributed by atoms with van der Waals surface area (Å²) in [5.41, 5.74) is 2.78. The second kappa shape index (κ2) is 9.44. The Hall–Kier alpha value is -3.04. The predicted molar refractivity (Wildman–Crippen MR) is 106 cm³/mol. The van der Waals surface area contributed by atoms with Gasteiger partial charge in [0, 0.05) is 0 Å². The quantitative estimate of drug-likeness (QED) is 0.453. The molecule has 0 radical (unpaired) electrons. The molecule has 140 valence electrons. The predicted octanol–water partition coefficient (Wildman–Crippen LogP) is 3.02. The largest absolute Gasteiger partial charge is 2.00 e. The minimum atomic E-state index is -1.13. The van der Waals surface area contributed by atoms with E-state index in [0.29, 0.717) is 0 Å². The van der Waals surface area contributed by atoms with Gasteiger partial charge in [0.15, 0.2) is 0 Å². The third-order valence-corrected chi connectivity index (χ3v) is 4.46. The van der Waals surface area contributed by atoms with Crippen molar-refractivity contribution in [2.75, 3.05) is 0 Å². The van der Waals surface area contributed by atoms with E-state index in [0.717, 1.165) is 21.5 Å². The molecule has 0 saturated heterocycles. The van der Waals surface area contributed by atoms with E-state index in [-0.39, 0.29) is 30.6 Å². The summed E-state index contributed by atoms with van der Waals surface area (Å²) in [5, 5.41) is 25.2. The first kappa shape index (κ1) is 22.3. The molecule has 0 atom stereocenters. The van der Waals surface area contributed by atoms with E-state index in [4.69, 9.17) is 0 Å². The Kier molecular flexibility index (Phi) is 7.25. The minimum Gasteiger partial charge on any atom is -0.545 e. The molecular formula is C24H18O4Zn. The Labute approximate surface area is 181 Å². The Bertz CT molecular complexity index is 1100. The zero-order valence-corrected chi connectivity index (χ0v) is 19.2. The summed E-state index contributed by atoms with van der Waals surface area (Å²) in [5.74, 6) is -2.26. The van der Waals surface area contributed by atoms with Gasteiger partial charge in [-0.05, 0) is 58.7 Å². The molecule has 0 aliphatic carbocycles. The topological polar surface area (TPSA) is 80.3 Å². The van der Waals surface area contributed by atoms with Crippen molar-refractivity contribution in [3.05, 3.63) is 95.1 Å². The zero-order chi connectivity index (χ0) is 20.3. The monoisotopic (exact) mass is 434 g/mol. The van der Waals surface area contributed by atoms with Crippen molar-refractivity contribution in [2.24, 2.45) is 0 Å². The van der Waals surface area contributed by atoms with Crippen LogP contribution in [0.25, 0.3) is 21.5 Å². The van der Waals surface area contributed by atoms with Crippen molar-refractivity contribution in [3.63, 3.8) is 0 Å². The van der Waals surface area contributed by atoms with Crippen LogP contribution >= 0.6 is 0 Å². The van der Waals surface area contributed by atoms with Gasteiger partial charge in [0.1, 0.15) is 0 Å². The normalized spacial score (nSPS) is 10.0. The van der Waals surface area contributed by atoms with Crippen molar-refractivity contribution in [1.82, 2.24) is 0 Å². The van der Waals surface area contributed by atoms with Gasteiger partial charge in [-0.1, -0.05) is 71.8 Å². The number of carboxylic acids is 2. The van der Waals surface area contributed by atoms with Gasteiger partial charge in [0.25, 0.3) is 0 Å². The molecule has 4 rings (SSSR count). The van der Waals surface area contributed by atoms with Crippen LogP contribution in [0.3, 0.4) is 0 Å². The molecule has 4 aromatic carbocycles. The van der Waals surface area contributed by atoms with Crippen LogP contribution in [0.5, 0.6) is 0 Å². The summed E-state index contributed by atoms with van der Waals surface area (Å²) >= 11 is 0. The second-order valence-corrected chi connectivity index (χ2v) is 6.71. The molecule has 4 nitrogen and oxygen atoms in total. The number of hydrogen-bond donors (Lipinski definition) is 0. The van der Waals surface area contributed by atoms with Crippen molar-refractivity contribution in [1.29, 1.82) is 0 Å². The van der Waals surface area contributed by atoms with Crippen LogP contribution < -0.4 is 10.2 Å². The van der Waals surface area contributed by atoms with Crippen LogP contribution in [-0.4, -0.2) is 11.9 Å². The van der Waals surface area contributed by atoms with Gasteiger partial charge >= 0.3 is 19.5 Å². The fourth-order valence-electron chi connectivity index (χ4n) is 2.98. The number of benzene rings is 4. The van der Waals surface area contributed by atoms with E-state index < -0.39 is 11.9 Å². The maximum atomic E-state index is 10.6.